The molecule has 0 bridgehead atoms. The third-order valence-electron chi connectivity index (χ3n) is 7.74. The number of hydrogen-bond acceptors (Lipinski definition) is 1. The molecule has 4 rings (SSSR count). The molecule has 0 aromatic rings. The number of rotatable bonds is 0. The molecule has 0 aromatic heterocycles. The van der Waals surface area contributed by atoms with Gasteiger partial charge in [-0.15, -0.1) is 0 Å². The van der Waals surface area contributed by atoms with Crippen molar-refractivity contribution < 1.29 is 4.79 Å². The fraction of sp³-hybridized carbons (Fsp3) is 0.842. The van der Waals surface area contributed by atoms with Crippen molar-refractivity contribution in [3.8, 4) is 0 Å². The zero-order chi connectivity index (χ0) is 14.0. The lowest BCUT2D eigenvalue weighted by Gasteiger charge is -2.57. The highest BCUT2D eigenvalue weighted by atomic mass is 16.1. The molecule has 4 aliphatic rings. The predicted molar refractivity (Wildman–Crippen MR) is 81.3 cm³/mol. The van der Waals surface area contributed by atoms with Gasteiger partial charge in [0.15, 0.2) is 5.78 Å². The Labute approximate surface area is 123 Å². The van der Waals surface area contributed by atoms with Crippen molar-refractivity contribution >= 4 is 5.78 Å². The minimum atomic E-state index is 0.362. The van der Waals surface area contributed by atoms with E-state index >= 15 is 0 Å². The highest BCUT2D eigenvalue weighted by molar-refractivity contribution is 5.91. The summed E-state index contributed by atoms with van der Waals surface area (Å²) in [4.78, 5) is 11.8. The van der Waals surface area contributed by atoms with Gasteiger partial charge in [-0.25, -0.2) is 0 Å². The van der Waals surface area contributed by atoms with Crippen LogP contribution in [-0.2, 0) is 4.79 Å². The van der Waals surface area contributed by atoms with Crippen LogP contribution in [-0.4, -0.2) is 5.78 Å². The zero-order valence-electron chi connectivity index (χ0n) is 13.1. The third-order valence-corrected chi connectivity index (χ3v) is 7.74. The lowest BCUT2D eigenvalue weighted by Crippen LogP contribution is -2.49. The van der Waals surface area contributed by atoms with E-state index in [4.69, 9.17) is 0 Å². The van der Waals surface area contributed by atoms with E-state index in [1.165, 1.54) is 50.5 Å². The van der Waals surface area contributed by atoms with Crippen molar-refractivity contribution in [3.63, 3.8) is 0 Å². The first kappa shape index (κ1) is 13.1. The van der Waals surface area contributed by atoms with E-state index in [0.29, 0.717) is 16.6 Å². The highest BCUT2D eigenvalue weighted by Crippen LogP contribution is 2.65. The molecule has 0 aliphatic heterocycles. The summed E-state index contributed by atoms with van der Waals surface area (Å²) in [6.07, 6.45) is 13.8. The Morgan fingerprint density at radius 2 is 1.85 bits per heavy atom. The first-order valence-corrected chi connectivity index (χ1v) is 8.77. The van der Waals surface area contributed by atoms with Crippen LogP contribution in [0.1, 0.15) is 71.6 Å². The molecule has 0 saturated heterocycles. The Hall–Kier alpha value is -0.590. The van der Waals surface area contributed by atoms with E-state index in [9.17, 15) is 4.79 Å². The van der Waals surface area contributed by atoms with Crippen LogP contribution in [0.4, 0.5) is 0 Å². The van der Waals surface area contributed by atoms with Crippen LogP contribution in [0.15, 0.2) is 11.6 Å². The second kappa shape index (κ2) is 4.21. The number of carbonyl (C=O) groups is 1. The molecule has 20 heavy (non-hydrogen) atoms. The fourth-order valence-corrected chi connectivity index (χ4v) is 6.55. The largest absolute Gasteiger partial charge is 0.295 e. The molecule has 0 aromatic carbocycles. The Morgan fingerprint density at radius 1 is 1.00 bits per heavy atom. The summed E-state index contributed by atoms with van der Waals surface area (Å²) in [6, 6.07) is 0. The molecule has 3 fully saturated rings. The van der Waals surface area contributed by atoms with Gasteiger partial charge in [0.2, 0.25) is 0 Å². The summed E-state index contributed by atoms with van der Waals surface area (Å²) < 4.78 is 0. The Bertz CT molecular complexity index is 476. The molecule has 1 heteroatoms. The summed E-state index contributed by atoms with van der Waals surface area (Å²) in [5.41, 5.74) is 2.53. The summed E-state index contributed by atoms with van der Waals surface area (Å²) in [5.74, 6) is 3.19. The number of fused-ring (bicyclic) bond motifs is 5. The third kappa shape index (κ3) is 1.64. The van der Waals surface area contributed by atoms with Gasteiger partial charge in [0.25, 0.3) is 0 Å². The molecule has 110 valence electrons. The predicted octanol–water partition coefficient (Wildman–Crippen LogP) is 4.91. The van der Waals surface area contributed by atoms with Crippen molar-refractivity contribution in [2.75, 3.05) is 0 Å². The van der Waals surface area contributed by atoms with E-state index < -0.39 is 0 Å². The van der Waals surface area contributed by atoms with Crippen molar-refractivity contribution in [2.45, 2.75) is 71.6 Å². The topological polar surface area (TPSA) is 17.1 Å². The molecular weight excluding hydrogens is 244 g/mol. The average molecular weight is 272 g/mol. The molecule has 1 nitrogen and oxygen atoms in total. The molecule has 4 aliphatic carbocycles. The van der Waals surface area contributed by atoms with Crippen LogP contribution in [0, 0.1) is 28.6 Å². The lowest BCUT2D eigenvalue weighted by atomic mass is 9.47. The average Bonchev–Trinajstić information content (AvgIpc) is 2.81. The van der Waals surface area contributed by atoms with Crippen LogP contribution < -0.4 is 0 Å². The van der Waals surface area contributed by atoms with E-state index in [0.717, 1.165) is 30.6 Å². The van der Waals surface area contributed by atoms with Crippen molar-refractivity contribution in [1.82, 2.24) is 0 Å². The second-order valence-electron chi connectivity index (χ2n) is 8.55. The number of carbonyl (C=O) groups excluding carboxylic acids is 1. The molecule has 5 unspecified atom stereocenters. The summed E-state index contributed by atoms with van der Waals surface area (Å²) in [5, 5.41) is 0. The van der Waals surface area contributed by atoms with Gasteiger partial charge in [0.05, 0.1) is 0 Å². The van der Waals surface area contributed by atoms with Crippen LogP contribution in [0.5, 0.6) is 0 Å². The number of allylic oxidation sites excluding steroid dienone is 1. The molecular formula is C19H28O. The molecule has 0 spiro atoms. The van der Waals surface area contributed by atoms with Crippen molar-refractivity contribution in [1.29, 1.82) is 0 Å². The quantitative estimate of drug-likeness (QED) is 0.612. The standard InChI is InChI=1S/C19H28O/c1-18-9-3-4-16(18)15-6-5-13-12-14(20)7-11-19(13,2)17(15)8-10-18/h12,15-17H,3-11H2,1-2H3. The van der Waals surface area contributed by atoms with Crippen LogP contribution in [0.2, 0.25) is 0 Å². The van der Waals surface area contributed by atoms with Gasteiger partial charge in [0.1, 0.15) is 0 Å². The highest BCUT2D eigenvalue weighted by Gasteiger charge is 2.55. The number of hydrogen-bond donors (Lipinski definition) is 0. The Balaban J connectivity index is 1.69. The summed E-state index contributed by atoms with van der Waals surface area (Å²) >= 11 is 0. The van der Waals surface area contributed by atoms with Gasteiger partial charge < -0.3 is 0 Å². The SMILES string of the molecule is CC12CCCC1C1CCC3=CC(=O)CCC3(C)C1CC2. The van der Waals surface area contributed by atoms with E-state index in [2.05, 4.69) is 13.8 Å². The van der Waals surface area contributed by atoms with Gasteiger partial charge in [-0.1, -0.05) is 25.8 Å². The summed E-state index contributed by atoms with van der Waals surface area (Å²) in [7, 11) is 0. The smallest absolute Gasteiger partial charge is 0.155 e. The molecule has 0 heterocycles. The van der Waals surface area contributed by atoms with Gasteiger partial charge in [-0.3, -0.25) is 4.79 Å². The molecule has 0 radical (unpaired) electrons. The Morgan fingerprint density at radius 3 is 2.70 bits per heavy atom. The maximum absolute atomic E-state index is 11.8. The van der Waals surface area contributed by atoms with Crippen LogP contribution in [0.25, 0.3) is 0 Å². The monoisotopic (exact) mass is 272 g/mol. The minimum absolute atomic E-state index is 0.362. The van der Waals surface area contributed by atoms with Gasteiger partial charge in [0, 0.05) is 6.42 Å². The molecule has 3 saturated carbocycles. The lowest BCUT2D eigenvalue weighted by molar-refractivity contribution is -0.117. The molecule has 0 N–H and O–H groups in total. The molecule has 0 amide bonds. The van der Waals surface area contributed by atoms with Gasteiger partial charge in [-0.05, 0) is 79.6 Å². The van der Waals surface area contributed by atoms with Crippen molar-refractivity contribution in [3.05, 3.63) is 11.6 Å². The van der Waals surface area contributed by atoms with E-state index in [-0.39, 0.29) is 0 Å². The minimum Gasteiger partial charge on any atom is -0.295 e. The second-order valence-corrected chi connectivity index (χ2v) is 8.55. The van der Waals surface area contributed by atoms with E-state index in [1.54, 1.807) is 0 Å². The van der Waals surface area contributed by atoms with Crippen LogP contribution >= 0.6 is 0 Å². The van der Waals surface area contributed by atoms with Crippen molar-refractivity contribution in [2.24, 2.45) is 28.6 Å². The first-order chi connectivity index (χ1) is 9.53. The maximum Gasteiger partial charge on any atom is 0.155 e. The Kier molecular flexibility index (Phi) is 2.76. The first-order valence-electron chi connectivity index (χ1n) is 8.77. The van der Waals surface area contributed by atoms with Crippen LogP contribution in [0.3, 0.4) is 0 Å². The molecule has 5 atom stereocenters. The summed E-state index contributed by atoms with van der Waals surface area (Å²) in [6.45, 7) is 5.05. The normalized spacial score (nSPS) is 51.0. The number of ketones is 1. The zero-order valence-corrected chi connectivity index (χ0v) is 13.1. The van der Waals surface area contributed by atoms with E-state index in [1.807, 2.05) is 6.08 Å². The maximum atomic E-state index is 11.8. The van der Waals surface area contributed by atoms with Gasteiger partial charge in [-0.2, -0.15) is 0 Å². The van der Waals surface area contributed by atoms with Gasteiger partial charge >= 0.3 is 0 Å². The fourth-order valence-electron chi connectivity index (χ4n) is 6.55.